The minimum Gasteiger partial charge on any atom is -0.495 e. The SMILES string of the molecule is CCC1(CC)N=C(Nc2ccc(CO[P+](=O)O)cc2OC)NC(Nc2ccc(-c3cnn(CCCO)c3)c(F)c2C(=O)NC)=C1C(F)(F)F. The standard InChI is InChI=1S/C31H36F4N7O6P/c1-5-30(6-2)26(31(33,34)35)27(40-29(41-30)39-21-10-8-18(14-23(21)47-4)17-48-49(45)46)38-22-11-9-20(25(32)24(22)28(44)36-3)19-15-37-42(16-19)12-7-13-43/h8-11,14-16,43H,5-7,12-13,17H2,1-4H3,(H4-,36,38,39,40,41,44,45,46)/p+1. The predicted molar refractivity (Wildman–Crippen MR) is 175 cm³/mol. The zero-order chi connectivity index (χ0) is 35.9. The van der Waals surface area contributed by atoms with Crippen LogP contribution in [0.3, 0.4) is 0 Å². The van der Waals surface area contributed by atoms with Gasteiger partial charge in [-0.15, -0.1) is 9.42 Å². The lowest BCUT2D eigenvalue weighted by Gasteiger charge is -2.38. The molecule has 0 fully saturated rings. The zero-order valence-electron chi connectivity index (χ0n) is 27.1. The van der Waals surface area contributed by atoms with Crippen LogP contribution in [0.2, 0.25) is 0 Å². The van der Waals surface area contributed by atoms with Crippen LogP contribution in [0.1, 0.15) is 49.0 Å². The summed E-state index contributed by atoms with van der Waals surface area (Å²) in [5, 5.41) is 23.9. The minimum absolute atomic E-state index is 0.00629. The van der Waals surface area contributed by atoms with Gasteiger partial charge in [-0.1, -0.05) is 19.9 Å². The number of alkyl halides is 3. The molecule has 1 aromatic heterocycles. The molecule has 0 radical (unpaired) electrons. The van der Waals surface area contributed by atoms with E-state index in [2.05, 4.69) is 31.4 Å². The van der Waals surface area contributed by atoms with Gasteiger partial charge < -0.3 is 31.1 Å². The Labute approximate surface area is 280 Å². The van der Waals surface area contributed by atoms with Gasteiger partial charge in [0.25, 0.3) is 5.91 Å². The topological polar surface area (TPSA) is 171 Å². The van der Waals surface area contributed by atoms with Crippen molar-refractivity contribution in [3.63, 3.8) is 0 Å². The number of hydrogen-bond acceptors (Lipinski definition) is 10. The summed E-state index contributed by atoms with van der Waals surface area (Å²) in [6.45, 7) is 3.22. The number of aliphatic hydroxyl groups is 1. The summed E-state index contributed by atoms with van der Waals surface area (Å²) in [7, 11) is -0.204. The number of nitrogens with one attached hydrogen (secondary N) is 4. The molecule has 0 saturated heterocycles. The largest absolute Gasteiger partial charge is 0.695 e. The molecule has 264 valence electrons. The number of aliphatic hydroxyl groups excluding tert-OH is 1. The molecule has 1 unspecified atom stereocenters. The summed E-state index contributed by atoms with van der Waals surface area (Å²) in [6.07, 6.45) is -1.71. The van der Waals surface area contributed by atoms with Gasteiger partial charge in [0.2, 0.25) is 5.96 Å². The van der Waals surface area contributed by atoms with Crippen molar-refractivity contribution in [2.75, 3.05) is 31.4 Å². The van der Waals surface area contributed by atoms with E-state index in [1.165, 1.54) is 55.5 Å². The Morgan fingerprint density at radius 3 is 2.47 bits per heavy atom. The molecule has 1 aliphatic heterocycles. The van der Waals surface area contributed by atoms with Crippen LogP contribution in [-0.2, 0) is 22.2 Å². The first-order valence-electron chi connectivity index (χ1n) is 15.2. The number of halogens is 4. The third-order valence-corrected chi connectivity index (χ3v) is 8.29. The molecule has 0 bridgehead atoms. The van der Waals surface area contributed by atoms with E-state index < -0.39 is 48.7 Å². The van der Waals surface area contributed by atoms with Crippen LogP contribution in [0.25, 0.3) is 11.1 Å². The predicted octanol–water partition coefficient (Wildman–Crippen LogP) is 5.42. The van der Waals surface area contributed by atoms with E-state index in [0.29, 0.717) is 29.8 Å². The summed E-state index contributed by atoms with van der Waals surface area (Å²) in [5.74, 6) is -2.31. The van der Waals surface area contributed by atoms with Crippen LogP contribution in [0.15, 0.2) is 59.1 Å². The summed E-state index contributed by atoms with van der Waals surface area (Å²) in [5.41, 5.74) is -2.52. The fourth-order valence-electron chi connectivity index (χ4n) is 5.46. The Kier molecular flexibility index (Phi) is 12.0. The molecule has 1 atom stereocenters. The van der Waals surface area contributed by atoms with Crippen LogP contribution >= 0.6 is 8.25 Å². The van der Waals surface area contributed by atoms with Crippen molar-refractivity contribution in [1.29, 1.82) is 0 Å². The highest BCUT2D eigenvalue weighted by Crippen LogP contribution is 2.44. The number of anilines is 2. The van der Waals surface area contributed by atoms with Crippen molar-refractivity contribution in [1.82, 2.24) is 20.4 Å². The van der Waals surface area contributed by atoms with E-state index in [1.807, 2.05) is 0 Å². The molecule has 3 aromatic rings. The van der Waals surface area contributed by atoms with E-state index in [1.54, 1.807) is 19.9 Å². The molecule has 0 spiro atoms. The van der Waals surface area contributed by atoms with E-state index in [-0.39, 0.29) is 49.0 Å². The van der Waals surface area contributed by atoms with E-state index in [9.17, 15) is 22.5 Å². The number of benzene rings is 2. The van der Waals surface area contributed by atoms with Gasteiger partial charge in [0.1, 0.15) is 29.6 Å². The first kappa shape index (κ1) is 37.3. The number of methoxy groups -OCH3 is 1. The van der Waals surface area contributed by atoms with E-state index in [4.69, 9.17) is 19.3 Å². The summed E-state index contributed by atoms with van der Waals surface area (Å²) in [6, 6.07) is 7.25. The maximum Gasteiger partial charge on any atom is 0.695 e. The van der Waals surface area contributed by atoms with Crippen LogP contribution < -0.4 is 26.0 Å². The molecule has 2 aromatic carbocycles. The normalized spacial score (nSPS) is 14.6. The second-order valence-corrected chi connectivity index (χ2v) is 11.6. The second kappa shape index (κ2) is 15.8. The Balaban J connectivity index is 1.78. The van der Waals surface area contributed by atoms with Crippen LogP contribution in [-0.4, -0.2) is 64.1 Å². The molecule has 4 rings (SSSR count). The molecule has 2 heterocycles. The second-order valence-electron chi connectivity index (χ2n) is 10.9. The van der Waals surface area contributed by atoms with Gasteiger partial charge in [0.15, 0.2) is 0 Å². The van der Waals surface area contributed by atoms with Crippen LogP contribution in [0.4, 0.5) is 28.9 Å². The number of carbonyl (C=O) groups is 1. The number of rotatable bonds is 14. The highest BCUT2D eigenvalue weighted by molar-refractivity contribution is 7.32. The summed E-state index contributed by atoms with van der Waals surface area (Å²) in [4.78, 5) is 26.5. The maximum atomic E-state index is 16.1. The van der Waals surface area contributed by atoms with Crippen molar-refractivity contribution < 1.29 is 46.2 Å². The molecule has 1 aliphatic rings. The average Bonchev–Trinajstić information content (AvgIpc) is 3.54. The number of amides is 1. The molecule has 1 amide bonds. The highest BCUT2D eigenvalue weighted by atomic mass is 31.1. The lowest BCUT2D eigenvalue weighted by Crippen LogP contribution is -2.49. The molecule has 6 N–H and O–H groups in total. The third-order valence-electron chi connectivity index (χ3n) is 7.94. The maximum absolute atomic E-state index is 16.1. The Hall–Kier alpha value is -4.57. The number of ether oxygens (including phenoxy) is 1. The molecule has 0 saturated carbocycles. The highest BCUT2D eigenvalue weighted by Gasteiger charge is 2.51. The van der Waals surface area contributed by atoms with Gasteiger partial charge >= 0.3 is 14.4 Å². The third kappa shape index (κ3) is 8.36. The van der Waals surface area contributed by atoms with Gasteiger partial charge in [-0.3, -0.25) is 9.48 Å². The summed E-state index contributed by atoms with van der Waals surface area (Å²) < 4.78 is 83.5. The van der Waals surface area contributed by atoms with Crippen molar-refractivity contribution in [3.05, 3.63) is 71.1 Å². The lowest BCUT2D eigenvalue weighted by atomic mass is 9.83. The lowest BCUT2D eigenvalue weighted by molar-refractivity contribution is -0.103. The van der Waals surface area contributed by atoms with Crippen LogP contribution in [0.5, 0.6) is 5.75 Å². The van der Waals surface area contributed by atoms with Crippen molar-refractivity contribution in [2.45, 2.75) is 58.0 Å². The molecular formula is C31H37F4N7O6P+. The smallest absolute Gasteiger partial charge is 0.495 e. The number of hydrogen-bond donors (Lipinski definition) is 6. The van der Waals surface area contributed by atoms with Gasteiger partial charge in [-0.25, -0.2) is 9.38 Å². The average molecular weight is 711 g/mol. The minimum atomic E-state index is -4.90. The first-order chi connectivity index (χ1) is 23.3. The number of guanidine groups is 1. The van der Waals surface area contributed by atoms with E-state index >= 15 is 4.39 Å². The summed E-state index contributed by atoms with van der Waals surface area (Å²) >= 11 is 0. The van der Waals surface area contributed by atoms with E-state index in [0.717, 1.165) is 0 Å². The molecule has 13 nitrogen and oxygen atoms in total. The fourth-order valence-corrected chi connectivity index (χ4v) is 5.72. The van der Waals surface area contributed by atoms with Gasteiger partial charge in [-0.2, -0.15) is 18.3 Å². The molecule has 49 heavy (non-hydrogen) atoms. The molecule has 0 aliphatic carbocycles. The van der Waals surface area contributed by atoms with Gasteiger partial charge in [0, 0.05) is 42.1 Å². The number of aliphatic imine (C=N–C) groups is 1. The Bertz CT molecular complexity index is 1760. The Morgan fingerprint density at radius 1 is 1.14 bits per heavy atom. The van der Waals surface area contributed by atoms with Crippen molar-refractivity contribution >= 4 is 31.5 Å². The quantitative estimate of drug-likeness (QED) is 0.0938. The van der Waals surface area contributed by atoms with Crippen LogP contribution in [0, 0.1) is 5.82 Å². The number of carbonyl (C=O) groups excluding carboxylic acids is 1. The number of aromatic nitrogens is 2. The van der Waals surface area contributed by atoms with Gasteiger partial charge in [0.05, 0.1) is 35.8 Å². The monoisotopic (exact) mass is 710 g/mol. The molecule has 18 heteroatoms. The van der Waals surface area contributed by atoms with Gasteiger partial charge in [-0.05, 0) is 49.1 Å². The van der Waals surface area contributed by atoms with Crippen molar-refractivity contribution in [2.24, 2.45) is 4.99 Å². The zero-order valence-corrected chi connectivity index (χ0v) is 28.0. The first-order valence-corrected chi connectivity index (χ1v) is 16.3. The Morgan fingerprint density at radius 2 is 1.86 bits per heavy atom. The van der Waals surface area contributed by atoms with Crippen molar-refractivity contribution in [3.8, 4) is 16.9 Å². The fraction of sp³-hybridized carbons (Fsp3) is 0.387. The number of nitrogens with zero attached hydrogens (tertiary/aromatic N) is 3. The molecular weight excluding hydrogens is 673 g/mol. The number of aryl methyl sites for hydroxylation is 1.